The molecule has 0 atom stereocenters. The molecule has 144 valence electrons. The third-order valence-corrected chi connectivity index (χ3v) is 3.77. The van der Waals surface area contributed by atoms with Gasteiger partial charge in [0.25, 0.3) is 5.91 Å². The van der Waals surface area contributed by atoms with Crippen LogP contribution in [-0.2, 0) is 9.53 Å². The lowest BCUT2D eigenvalue weighted by Gasteiger charge is -2.12. The molecule has 0 aliphatic rings. The van der Waals surface area contributed by atoms with Crippen molar-refractivity contribution in [3.05, 3.63) is 47.5 Å². The topological polar surface area (TPSA) is 83.1 Å². The van der Waals surface area contributed by atoms with E-state index in [1.807, 2.05) is 13.8 Å². The van der Waals surface area contributed by atoms with Gasteiger partial charge in [-0.05, 0) is 50.2 Å². The first-order valence-corrected chi connectivity index (χ1v) is 8.41. The summed E-state index contributed by atoms with van der Waals surface area (Å²) in [6, 6.07) is 10.0. The zero-order valence-corrected chi connectivity index (χ0v) is 15.8. The molecular weight excluding hydrogens is 350 g/mol. The summed E-state index contributed by atoms with van der Waals surface area (Å²) in [5.41, 5.74) is 1.59. The highest BCUT2D eigenvalue weighted by molar-refractivity contribution is 5.96. The van der Waals surface area contributed by atoms with Crippen LogP contribution in [-0.4, -0.2) is 39.3 Å². The molecule has 7 heteroatoms. The number of ether oxygens (including phenoxy) is 4. The van der Waals surface area contributed by atoms with Crippen molar-refractivity contribution in [1.29, 1.82) is 0 Å². The van der Waals surface area contributed by atoms with E-state index in [9.17, 15) is 9.59 Å². The number of esters is 1. The molecule has 0 aromatic heterocycles. The lowest BCUT2D eigenvalue weighted by molar-refractivity contribution is -0.119. The third-order valence-electron chi connectivity index (χ3n) is 3.77. The molecule has 0 bridgehead atoms. The summed E-state index contributed by atoms with van der Waals surface area (Å²) in [6.45, 7) is 3.86. The Kier molecular flexibility index (Phi) is 7.05. The summed E-state index contributed by atoms with van der Waals surface area (Å²) < 4.78 is 20.9. The average molecular weight is 373 g/mol. The molecule has 1 amide bonds. The second kappa shape index (κ2) is 9.47. The van der Waals surface area contributed by atoms with Crippen molar-refractivity contribution in [1.82, 2.24) is 0 Å². The molecule has 0 unspecified atom stereocenters. The highest BCUT2D eigenvalue weighted by Gasteiger charge is 2.16. The Morgan fingerprint density at radius 1 is 1.00 bits per heavy atom. The maximum absolute atomic E-state index is 12.2. The van der Waals surface area contributed by atoms with Crippen LogP contribution in [0.3, 0.4) is 0 Å². The smallest absolute Gasteiger partial charge is 0.338 e. The van der Waals surface area contributed by atoms with E-state index in [4.69, 9.17) is 18.9 Å². The number of nitrogens with one attached hydrogen (secondary N) is 1. The SMILES string of the molecule is CCOc1ccc(NC(=O)COC(=O)c2cc(OC)c(C)c(OC)c2)cc1. The van der Waals surface area contributed by atoms with Crippen molar-refractivity contribution in [2.45, 2.75) is 13.8 Å². The van der Waals surface area contributed by atoms with Gasteiger partial charge in [-0.2, -0.15) is 0 Å². The Morgan fingerprint density at radius 2 is 1.59 bits per heavy atom. The Labute approximate surface area is 158 Å². The maximum atomic E-state index is 12.2. The second-order valence-corrected chi connectivity index (χ2v) is 5.59. The van der Waals surface area contributed by atoms with E-state index in [1.54, 1.807) is 36.4 Å². The Balaban J connectivity index is 1.95. The van der Waals surface area contributed by atoms with Crippen LogP contribution in [0.5, 0.6) is 17.2 Å². The highest BCUT2D eigenvalue weighted by atomic mass is 16.5. The second-order valence-electron chi connectivity index (χ2n) is 5.59. The number of benzene rings is 2. The molecule has 0 saturated carbocycles. The summed E-state index contributed by atoms with van der Waals surface area (Å²) in [7, 11) is 3.00. The predicted octanol–water partition coefficient (Wildman–Crippen LogP) is 3.21. The molecule has 0 heterocycles. The summed E-state index contributed by atoms with van der Waals surface area (Å²) in [4.78, 5) is 24.2. The highest BCUT2D eigenvalue weighted by Crippen LogP contribution is 2.29. The predicted molar refractivity (Wildman–Crippen MR) is 101 cm³/mol. The number of carbonyl (C=O) groups excluding carboxylic acids is 2. The van der Waals surface area contributed by atoms with Crippen LogP contribution in [0, 0.1) is 6.92 Å². The number of rotatable bonds is 8. The molecule has 2 aromatic rings. The van der Waals surface area contributed by atoms with Crippen molar-refractivity contribution >= 4 is 17.6 Å². The average Bonchev–Trinajstić information content (AvgIpc) is 2.68. The molecule has 2 aromatic carbocycles. The normalized spacial score (nSPS) is 10.1. The fraction of sp³-hybridized carbons (Fsp3) is 0.300. The van der Waals surface area contributed by atoms with Crippen molar-refractivity contribution in [3.63, 3.8) is 0 Å². The molecule has 0 fully saturated rings. The number of anilines is 1. The summed E-state index contributed by atoms with van der Waals surface area (Å²) in [5.74, 6) is 0.622. The van der Waals surface area contributed by atoms with Gasteiger partial charge >= 0.3 is 5.97 Å². The van der Waals surface area contributed by atoms with E-state index in [2.05, 4.69) is 5.32 Å². The number of hydrogen-bond acceptors (Lipinski definition) is 6. The first kappa shape index (κ1) is 20.1. The minimum atomic E-state index is -0.645. The van der Waals surface area contributed by atoms with Gasteiger partial charge in [0.1, 0.15) is 17.2 Å². The minimum absolute atomic E-state index is 0.239. The maximum Gasteiger partial charge on any atom is 0.338 e. The van der Waals surface area contributed by atoms with Crippen LogP contribution >= 0.6 is 0 Å². The first-order chi connectivity index (χ1) is 13.0. The molecule has 0 aliphatic carbocycles. The van der Waals surface area contributed by atoms with Gasteiger partial charge in [0.15, 0.2) is 6.61 Å². The van der Waals surface area contributed by atoms with Crippen LogP contribution in [0.2, 0.25) is 0 Å². The van der Waals surface area contributed by atoms with Gasteiger partial charge < -0.3 is 24.3 Å². The molecule has 27 heavy (non-hydrogen) atoms. The summed E-state index contributed by atoms with van der Waals surface area (Å²) >= 11 is 0. The van der Waals surface area contributed by atoms with Crippen LogP contribution in [0.1, 0.15) is 22.8 Å². The summed E-state index contributed by atoms with van der Waals surface area (Å²) in [6.07, 6.45) is 0. The van der Waals surface area contributed by atoms with Crippen LogP contribution < -0.4 is 19.5 Å². The zero-order chi connectivity index (χ0) is 19.8. The Hall–Kier alpha value is -3.22. The first-order valence-electron chi connectivity index (χ1n) is 8.41. The largest absolute Gasteiger partial charge is 0.496 e. The fourth-order valence-corrected chi connectivity index (χ4v) is 2.42. The lowest BCUT2D eigenvalue weighted by atomic mass is 10.1. The van der Waals surface area contributed by atoms with Gasteiger partial charge in [0, 0.05) is 11.3 Å². The van der Waals surface area contributed by atoms with E-state index >= 15 is 0 Å². The van der Waals surface area contributed by atoms with Gasteiger partial charge in [-0.15, -0.1) is 0 Å². The van der Waals surface area contributed by atoms with Gasteiger partial charge in [-0.1, -0.05) is 0 Å². The monoisotopic (exact) mass is 373 g/mol. The van der Waals surface area contributed by atoms with Crippen molar-refractivity contribution in [2.75, 3.05) is 32.8 Å². The van der Waals surface area contributed by atoms with E-state index in [0.29, 0.717) is 29.5 Å². The van der Waals surface area contributed by atoms with E-state index in [1.165, 1.54) is 14.2 Å². The quantitative estimate of drug-likeness (QED) is 0.716. The van der Waals surface area contributed by atoms with E-state index < -0.39 is 18.5 Å². The van der Waals surface area contributed by atoms with Gasteiger partial charge in [0.2, 0.25) is 0 Å². The number of hydrogen-bond donors (Lipinski definition) is 1. The number of methoxy groups -OCH3 is 2. The third kappa shape index (κ3) is 5.37. The molecule has 1 N–H and O–H groups in total. The molecule has 0 aliphatic heterocycles. The molecule has 2 rings (SSSR count). The van der Waals surface area contributed by atoms with Crippen LogP contribution in [0.25, 0.3) is 0 Å². The zero-order valence-electron chi connectivity index (χ0n) is 15.8. The lowest BCUT2D eigenvalue weighted by Crippen LogP contribution is -2.21. The molecule has 0 spiro atoms. The number of carbonyl (C=O) groups is 2. The van der Waals surface area contributed by atoms with E-state index in [0.717, 1.165) is 5.56 Å². The van der Waals surface area contributed by atoms with Crippen LogP contribution in [0.4, 0.5) is 5.69 Å². The fourth-order valence-electron chi connectivity index (χ4n) is 2.42. The standard InChI is InChI=1S/C20H23NO6/c1-5-26-16-8-6-15(7-9-16)21-19(22)12-27-20(23)14-10-17(24-3)13(2)18(11-14)25-4/h6-11H,5,12H2,1-4H3,(H,21,22). The van der Waals surface area contributed by atoms with Gasteiger partial charge in [0.05, 0.1) is 26.4 Å². The molecule has 0 saturated heterocycles. The molecule has 7 nitrogen and oxygen atoms in total. The van der Waals surface area contributed by atoms with Crippen molar-refractivity contribution in [2.24, 2.45) is 0 Å². The van der Waals surface area contributed by atoms with Crippen molar-refractivity contribution in [3.8, 4) is 17.2 Å². The molecule has 0 radical (unpaired) electrons. The van der Waals surface area contributed by atoms with Crippen LogP contribution in [0.15, 0.2) is 36.4 Å². The van der Waals surface area contributed by atoms with Gasteiger partial charge in [-0.25, -0.2) is 4.79 Å². The number of amides is 1. The Bertz CT molecular complexity index is 776. The molecular formula is C20H23NO6. The minimum Gasteiger partial charge on any atom is -0.496 e. The summed E-state index contributed by atoms with van der Waals surface area (Å²) in [5, 5.41) is 2.65. The van der Waals surface area contributed by atoms with Gasteiger partial charge in [-0.3, -0.25) is 4.79 Å². The van der Waals surface area contributed by atoms with Crippen molar-refractivity contribution < 1.29 is 28.5 Å². The van der Waals surface area contributed by atoms with E-state index in [-0.39, 0.29) is 5.56 Å². The Morgan fingerprint density at radius 3 is 2.11 bits per heavy atom.